The molecule has 40 heavy (non-hydrogen) atoms. The number of aryl methyl sites for hydroxylation is 1. The van der Waals surface area contributed by atoms with Crippen molar-refractivity contribution in [2.75, 3.05) is 26.7 Å². The van der Waals surface area contributed by atoms with E-state index in [1.807, 2.05) is 17.9 Å². The molecule has 2 aliphatic carbocycles. The summed E-state index contributed by atoms with van der Waals surface area (Å²) in [5, 5.41) is 9.44. The summed E-state index contributed by atoms with van der Waals surface area (Å²) >= 11 is 0. The second-order valence-electron chi connectivity index (χ2n) is 11.8. The van der Waals surface area contributed by atoms with Crippen molar-refractivity contribution in [1.29, 1.82) is 0 Å². The molecular weight excluding hydrogens is 549 g/mol. The van der Waals surface area contributed by atoms with Gasteiger partial charge in [-0.15, -0.1) is 24.8 Å². The average molecular weight is 597 g/mol. The van der Waals surface area contributed by atoms with Gasteiger partial charge in [-0.2, -0.15) is 0 Å². The van der Waals surface area contributed by atoms with Crippen molar-refractivity contribution in [2.45, 2.75) is 101 Å². The molecule has 2 aliphatic heterocycles. The van der Waals surface area contributed by atoms with Gasteiger partial charge in [0.25, 0.3) is 0 Å². The van der Waals surface area contributed by atoms with E-state index < -0.39 is 12.1 Å². The second-order valence-corrected chi connectivity index (χ2v) is 11.8. The summed E-state index contributed by atoms with van der Waals surface area (Å²) in [6.07, 6.45) is 10.3. The van der Waals surface area contributed by atoms with Gasteiger partial charge >= 0.3 is 0 Å². The zero-order valence-corrected chi connectivity index (χ0v) is 25.5. The summed E-state index contributed by atoms with van der Waals surface area (Å²) in [5.41, 5.74) is 2.51. The minimum absolute atomic E-state index is 0. The number of halogens is 2. The Kier molecular flexibility index (Phi) is 12.1. The average Bonchev–Trinajstić information content (AvgIpc) is 3.42. The first-order chi connectivity index (χ1) is 18.5. The number of benzene rings is 1. The highest BCUT2D eigenvalue weighted by Crippen LogP contribution is 2.32. The molecule has 8 nitrogen and oxygen atoms in total. The molecule has 0 bridgehead atoms. The minimum Gasteiger partial charge on any atom is -0.347 e. The van der Waals surface area contributed by atoms with Gasteiger partial charge in [-0.3, -0.25) is 19.3 Å². The van der Waals surface area contributed by atoms with Gasteiger partial charge in [0.05, 0.1) is 12.1 Å². The van der Waals surface area contributed by atoms with Crippen LogP contribution in [0.25, 0.3) is 0 Å². The van der Waals surface area contributed by atoms with Crippen LogP contribution in [0.2, 0.25) is 0 Å². The lowest BCUT2D eigenvalue weighted by atomic mass is 9.82. The van der Waals surface area contributed by atoms with Gasteiger partial charge in [-0.1, -0.05) is 43.5 Å². The molecule has 2 heterocycles. The monoisotopic (exact) mass is 595 g/mol. The molecule has 1 saturated carbocycles. The third-order valence-corrected chi connectivity index (χ3v) is 9.47. The van der Waals surface area contributed by atoms with E-state index in [0.717, 1.165) is 64.3 Å². The summed E-state index contributed by atoms with van der Waals surface area (Å²) in [5.74, 6) is -0.192. The lowest BCUT2D eigenvalue weighted by Gasteiger charge is -2.45. The lowest BCUT2D eigenvalue weighted by Crippen LogP contribution is -2.66. The van der Waals surface area contributed by atoms with Crippen molar-refractivity contribution in [3.05, 3.63) is 35.4 Å². The molecule has 3 N–H and O–H groups in total. The normalized spacial score (nSPS) is 26.2. The number of hydrogen-bond donors (Lipinski definition) is 3. The molecule has 0 radical (unpaired) electrons. The number of carbonyl (C=O) groups excluding carboxylic acids is 3. The highest BCUT2D eigenvalue weighted by atomic mass is 35.5. The molecule has 3 fully saturated rings. The largest absolute Gasteiger partial charge is 0.347 e. The van der Waals surface area contributed by atoms with E-state index in [9.17, 15) is 14.4 Å². The fourth-order valence-corrected chi connectivity index (χ4v) is 7.09. The molecule has 0 aromatic heterocycles. The van der Waals surface area contributed by atoms with Gasteiger partial charge in [0.2, 0.25) is 17.7 Å². The van der Waals surface area contributed by atoms with Crippen LogP contribution in [0.5, 0.6) is 0 Å². The van der Waals surface area contributed by atoms with Crippen LogP contribution >= 0.6 is 24.8 Å². The number of carbonyl (C=O) groups is 3. The SMILES string of the molecule is CN[C@@H](C)C(=O)N[C@H](C(=O)N1C[C@@H]2CCCN2C[C@H]1C(=O)N[C@@H]1CCCc2ccccc21)C1CCCCC1.Cl.Cl. The minimum atomic E-state index is -0.586. The molecule has 5 atom stereocenters. The van der Waals surface area contributed by atoms with Crippen LogP contribution in [0.4, 0.5) is 0 Å². The molecule has 0 unspecified atom stereocenters. The molecule has 1 aromatic carbocycles. The van der Waals surface area contributed by atoms with Crippen LogP contribution in [0.3, 0.4) is 0 Å². The van der Waals surface area contributed by atoms with Crippen molar-refractivity contribution in [1.82, 2.24) is 25.8 Å². The van der Waals surface area contributed by atoms with Gasteiger partial charge in [-0.05, 0) is 82.5 Å². The molecule has 4 aliphatic rings. The van der Waals surface area contributed by atoms with Gasteiger partial charge in [0, 0.05) is 19.1 Å². The van der Waals surface area contributed by atoms with Gasteiger partial charge in [0.15, 0.2) is 0 Å². The molecule has 2 saturated heterocycles. The van der Waals surface area contributed by atoms with Crippen LogP contribution in [0, 0.1) is 5.92 Å². The first-order valence-corrected chi connectivity index (χ1v) is 14.9. The zero-order valence-electron chi connectivity index (χ0n) is 23.9. The maximum absolute atomic E-state index is 14.3. The first-order valence-electron chi connectivity index (χ1n) is 14.9. The topological polar surface area (TPSA) is 93.8 Å². The number of rotatable bonds is 7. The fourth-order valence-electron chi connectivity index (χ4n) is 7.09. The van der Waals surface area contributed by atoms with Crippen LogP contribution in [0.15, 0.2) is 24.3 Å². The number of nitrogens with one attached hydrogen (secondary N) is 3. The molecular formula is C30H47Cl2N5O3. The van der Waals surface area contributed by atoms with E-state index in [4.69, 9.17) is 0 Å². The van der Waals surface area contributed by atoms with E-state index in [1.165, 1.54) is 17.5 Å². The molecule has 0 spiro atoms. The summed E-state index contributed by atoms with van der Waals surface area (Å²) < 4.78 is 0. The van der Waals surface area contributed by atoms with Crippen molar-refractivity contribution in [3.8, 4) is 0 Å². The number of piperazine rings is 1. The predicted molar refractivity (Wildman–Crippen MR) is 162 cm³/mol. The smallest absolute Gasteiger partial charge is 0.246 e. The fraction of sp³-hybridized carbons (Fsp3) is 0.700. The Balaban J connectivity index is 0.00000220. The summed E-state index contributed by atoms with van der Waals surface area (Å²) in [4.78, 5) is 45.4. The van der Waals surface area contributed by atoms with Crippen molar-refractivity contribution in [3.63, 3.8) is 0 Å². The molecule has 224 valence electrons. The quantitative estimate of drug-likeness (QED) is 0.449. The zero-order chi connectivity index (χ0) is 26.6. The van der Waals surface area contributed by atoms with Crippen LogP contribution in [-0.4, -0.2) is 78.4 Å². The van der Waals surface area contributed by atoms with Gasteiger partial charge < -0.3 is 20.9 Å². The number of hydrogen-bond acceptors (Lipinski definition) is 5. The predicted octanol–water partition coefficient (Wildman–Crippen LogP) is 3.37. The summed E-state index contributed by atoms with van der Waals surface area (Å²) in [6, 6.07) is 7.13. The molecule has 1 aromatic rings. The van der Waals surface area contributed by atoms with Crippen LogP contribution in [0.1, 0.15) is 81.9 Å². The van der Waals surface area contributed by atoms with Crippen molar-refractivity contribution in [2.24, 2.45) is 5.92 Å². The van der Waals surface area contributed by atoms with Crippen LogP contribution < -0.4 is 16.0 Å². The molecule has 3 amide bonds. The Morgan fingerprint density at radius 2 is 1.68 bits per heavy atom. The third-order valence-electron chi connectivity index (χ3n) is 9.47. The Hall–Kier alpha value is -1.87. The van der Waals surface area contributed by atoms with E-state index in [2.05, 4.69) is 39.0 Å². The second kappa shape index (κ2) is 14.9. The van der Waals surface area contributed by atoms with E-state index in [-0.39, 0.29) is 66.6 Å². The van der Waals surface area contributed by atoms with Gasteiger partial charge in [0.1, 0.15) is 12.1 Å². The van der Waals surface area contributed by atoms with E-state index >= 15 is 0 Å². The maximum Gasteiger partial charge on any atom is 0.246 e. The van der Waals surface area contributed by atoms with Crippen molar-refractivity contribution < 1.29 is 14.4 Å². The highest BCUT2D eigenvalue weighted by molar-refractivity contribution is 5.93. The number of amides is 3. The Morgan fingerprint density at radius 1 is 0.925 bits per heavy atom. The first kappa shape index (κ1) is 32.6. The Bertz CT molecular complexity index is 1020. The maximum atomic E-state index is 14.3. The number of fused-ring (bicyclic) bond motifs is 2. The highest BCUT2D eigenvalue weighted by Gasteiger charge is 2.45. The Morgan fingerprint density at radius 3 is 2.42 bits per heavy atom. The molecule has 10 heteroatoms. The summed E-state index contributed by atoms with van der Waals surface area (Å²) in [7, 11) is 1.75. The number of nitrogens with zero attached hydrogens (tertiary/aromatic N) is 2. The Labute approximate surface area is 251 Å². The van der Waals surface area contributed by atoms with Crippen LogP contribution in [-0.2, 0) is 20.8 Å². The van der Waals surface area contributed by atoms with E-state index in [0.29, 0.717) is 13.1 Å². The van der Waals surface area contributed by atoms with E-state index in [1.54, 1.807) is 7.05 Å². The third kappa shape index (κ3) is 7.12. The standard InChI is InChI=1S/C30H45N5O3.2ClH/c1-20(31-2)28(36)33-27(22-11-4-3-5-12-22)30(38)35-18-23-14-9-17-34(23)19-26(35)29(37)32-25-16-8-13-21-10-6-7-15-24(21)25;;/h6-7,10,15,20,22-23,25-27,31H,3-5,8-9,11-14,16-19H2,1-2H3,(H,32,37)(H,33,36);2*1H/t20-,23-,25+,26-,27-;;/m0../s1. The van der Waals surface area contributed by atoms with Gasteiger partial charge in [-0.25, -0.2) is 0 Å². The molecule has 5 rings (SSSR count). The summed E-state index contributed by atoms with van der Waals surface area (Å²) in [6.45, 7) is 3.91. The van der Waals surface area contributed by atoms with Crippen molar-refractivity contribution >= 4 is 42.5 Å². The lowest BCUT2D eigenvalue weighted by molar-refractivity contribution is -0.149. The number of likely N-dealkylation sites (N-methyl/N-ethyl adjacent to an activating group) is 1.